The molecule has 0 radical (unpaired) electrons. The summed E-state index contributed by atoms with van der Waals surface area (Å²) in [5.41, 5.74) is 3.60. The molecule has 2 aliphatic rings. The number of hydrogen-bond donors (Lipinski definition) is 0. The quantitative estimate of drug-likeness (QED) is 0.744. The number of ether oxygens (including phenoxy) is 3. The minimum absolute atomic E-state index is 0.230. The Morgan fingerprint density at radius 1 is 1.09 bits per heavy atom. The summed E-state index contributed by atoms with van der Waals surface area (Å²) >= 11 is 3.60. The molecule has 1 atom stereocenters. The lowest BCUT2D eigenvalue weighted by molar-refractivity contribution is 0.0703. The summed E-state index contributed by atoms with van der Waals surface area (Å²) in [5.74, 6) is 1.61. The molecule has 0 bridgehead atoms. The van der Waals surface area contributed by atoms with Gasteiger partial charge in [0.05, 0.1) is 12.7 Å². The first-order valence-corrected chi connectivity index (χ1v) is 8.57. The van der Waals surface area contributed by atoms with E-state index in [1.165, 1.54) is 11.3 Å². The van der Waals surface area contributed by atoms with Crippen molar-refractivity contribution >= 4 is 27.3 Å². The minimum Gasteiger partial charge on any atom is -0.454 e. The number of benzene rings is 2. The fourth-order valence-corrected chi connectivity index (χ4v) is 3.47. The smallest absolute Gasteiger partial charge is 0.231 e. The normalized spacial score (nSPS) is 19.9. The van der Waals surface area contributed by atoms with Gasteiger partial charge in [0.25, 0.3) is 0 Å². The van der Waals surface area contributed by atoms with Gasteiger partial charge in [0.1, 0.15) is 0 Å². The standard InChI is InChI=1S/C18H18BrNO3/c1-12-8-13-2-3-14(19)9-16(13)20(6-7-21-12)15-4-5-17-18(10-15)23-11-22-17/h2-5,9-10,12H,6-8,11H2,1H3. The molecule has 4 rings (SSSR count). The number of halogens is 1. The zero-order valence-electron chi connectivity index (χ0n) is 12.9. The molecule has 0 aromatic heterocycles. The molecule has 1 unspecified atom stereocenters. The summed E-state index contributed by atoms with van der Waals surface area (Å²) in [4.78, 5) is 2.29. The molecule has 0 aliphatic carbocycles. The number of anilines is 2. The Hall–Kier alpha value is -1.72. The van der Waals surface area contributed by atoms with Crippen LogP contribution in [0.5, 0.6) is 11.5 Å². The van der Waals surface area contributed by atoms with Crippen molar-refractivity contribution in [2.45, 2.75) is 19.4 Å². The van der Waals surface area contributed by atoms with Crippen molar-refractivity contribution in [3.05, 3.63) is 46.4 Å². The van der Waals surface area contributed by atoms with Gasteiger partial charge in [-0.15, -0.1) is 0 Å². The highest BCUT2D eigenvalue weighted by Gasteiger charge is 2.21. The zero-order valence-corrected chi connectivity index (χ0v) is 14.5. The Kier molecular flexibility index (Phi) is 3.91. The number of rotatable bonds is 1. The first kappa shape index (κ1) is 14.8. The van der Waals surface area contributed by atoms with E-state index in [4.69, 9.17) is 14.2 Å². The van der Waals surface area contributed by atoms with Gasteiger partial charge in [0.2, 0.25) is 6.79 Å². The summed E-state index contributed by atoms with van der Waals surface area (Å²) in [6.45, 7) is 3.92. The third-order valence-electron chi connectivity index (χ3n) is 4.23. The van der Waals surface area contributed by atoms with Crippen LogP contribution in [-0.4, -0.2) is 26.0 Å². The molecule has 2 aromatic rings. The van der Waals surface area contributed by atoms with Crippen LogP contribution in [0.3, 0.4) is 0 Å². The third-order valence-corrected chi connectivity index (χ3v) is 4.72. The summed E-state index contributed by atoms with van der Waals surface area (Å²) < 4.78 is 17.9. The van der Waals surface area contributed by atoms with Crippen molar-refractivity contribution < 1.29 is 14.2 Å². The van der Waals surface area contributed by atoms with Crippen molar-refractivity contribution in [3.63, 3.8) is 0 Å². The molecule has 0 saturated heterocycles. The monoisotopic (exact) mass is 375 g/mol. The van der Waals surface area contributed by atoms with Gasteiger partial charge in [0.15, 0.2) is 11.5 Å². The molecule has 0 spiro atoms. The van der Waals surface area contributed by atoms with E-state index < -0.39 is 0 Å². The van der Waals surface area contributed by atoms with Crippen molar-refractivity contribution in [2.75, 3.05) is 24.8 Å². The van der Waals surface area contributed by atoms with Crippen molar-refractivity contribution in [1.29, 1.82) is 0 Å². The van der Waals surface area contributed by atoms with E-state index in [0.29, 0.717) is 13.4 Å². The van der Waals surface area contributed by atoms with E-state index in [2.05, 4.69) is 52.0 Å². The third kappa shape index (κ3) is 2.91. The van der Waals surface area contributed by atoms with Crippen molar-refractivity contribution in [2.24, 2.45) is 0 Å². The van der Waals surface area contributed by atoms with E-state index >= 15 is 0 Å². The van der Waals surface area contributed by atoms with E-state index in [1.807, 2.05) is 12.1 Å². The number of fused-ring (bicyclic) bond motifs is 2. The Morgan fingerprint density at radius 3 is 2.87 bits per heavy atom. The predicted octanol–water partition coefficient (Wildman–Crippen LogP) is 4.28. The molecule has 5 heteroatoms. The van der Waals surface area contributed by atoms with E-state index in [9.17, 15) is 0 Å². The molecule has 2 heterocycles. The topological polar surface area (TPSA) is 30.9 Å². The van der Waals surface area contributed by atoms with Crippen LogP contribution in [0.4, 0.5) is 11.4 Å². The molecule has 120 valence electrons. The molecule has 0 N–H and O–H groups in total. The molecular formula is C18H18BrNO3. The predicted molar refractivity (Wildman–Crippen MR) is 92.8 cm³/mol. The van der Waals surface area contributed by atoms with Crippen LogP contribution in [0, 0.1) is 0 Å². The van der Waals surface area contributed by atoms with Crippen LogP contribution in [0.2, 0.25) is 0 Å². The van der Waals surface area contributed by atoms with Crippen molar-refractivity contribution in [1.82, 2.24) is 0 Å². The first-order valence-electron chi connectivity index (χ1n) is 7.78. The highest BCUT2D eigenvalue weighted by atomic mass is 79.9. The Morgan fingerprint density at radius 2 is 1.96 bits per heavy atom. The highest BCUT2D eigenvalue weighted by molar-refractivity contribution is 9.10. The Bertz CT molecular complexity index is 734. The SMILES string of the molecule is CC1Cc2ccc(Br)cc2N(c2ccc3c(c2)OCO3)CCO1. The van der Waals surface area contributed by atoms with Gasteiger partial charge < -0.3 is 19.1 Å². The molecule has 0 fully saturated rings. The van der Waals surface area contributed by atoms with E-state index in [1.54, 1.807) is 0 Å². The molecule has 23 heavy (non-hydrogen) atoms. The Balaban J connectivity index is 1.78. The zero-order chi connectivity index (χ0) is 15.8. The summed E-state index contributed by atoms with van der Waals surface area (Å²) in [6, 6.07) is 12.5. The van der Waals surface area contributed by atoms with Crippen LogP contribution in [0.15, 0.2) is 40.9 Å². The molecule has 0 amide bonds. The molecular weight excluding hydrogens is 358 g/mol. The average Bonchev–Trinajstić information content (AvgIpc) is 2.99. The largest absolute Gasteiger partial charge is 0.454 e. The van der Waals surface area contributed by atoms with Crippen LogP contribution in [0.25, 0.3) is 0 Å². The fourth-order valence-electron chi connectivity index (χ4n) is 3.12. The van der Waals surface area contributed by atoms with Gasteiger partial charge >= 0.3 is 0 Å². The lowest BCUT2D eigenvalue weighted by Gasteiger charge is -2.31. The Labute approximate surface area is 144 Å². The van der Waals surface area contributed by atoms with Crippen LogP contribution in [0.1, 0.15) is 12.5 Å². The summed E-state index contributed by atoms with van der Waals surface area (Å²) in [7, 11) is 0. The van der Waals surface area contributed by atoms with Gasteiger partial charge in [-0.05, 0) is 36.8 Å². The second-order valence-electron chi connectivity index (χ2n) is 5.85. The van der Waals surface area contributed by atoms with Gasteiger partial charge in [-0.25, -0.2) is 0 Å². The second-order valence-corrected chi connectivity index (χ2v) is 6.76. The van der Waals surface area contributed by atoms with Gasteiger partial charge in [-0.1, -0.05) is 22.0 Å². The maximum Gasteiger partial charge on any atom is 0.231 e. The fraction of sp³-hybridized carbons (Fsp3) is 0.333. The van der Waals surface area contributed by atoms with Crippen LogP contribution >= 0.6 is 15.9 Å². The first-order chi connectivity index (χ1) is 11.2. The summed E-state index contributed by atoms with van der Waals surface area (Å²) in [5, 5.41) is 0. The molecule has 2 aliphatic heterocycles. The summed E-state index contributed by atoms with van der Waals surface area (Å²) in [6.07, 6.45) is 1.14. The highest BCUT2D eigenvalue weighted by Crippen LogP contribution is 2.39. The maximum atomic E-state index is 5.90. The number of nitrogens with zero attached hydrogens (tertiary/aromatic N) is 1. The lowest BCUT2D eigenvalue weighted by atomic mass is 10.0. The maximum absolute atomic E-state index is 5.90. The van der Waals surface area contributed by atoms with Crippen LogP contribution < -0.4 is 14.4 Å². The average molecular weight is 376 g/mol. The van der Waals surface area contributed by atoms with Crippen LogP contribution in [-0.2, 0) is 11.2 Å². The number of hydrogen-bond acceptors (Lipinski definition) is 4. The van der Waals surface area contributed by atoms with Gasteiger partial charge in [-0.2, -0.15) is 0 Å². The lowest BCUT2D eigenvalue weighted by Crippen LogP contribution is -2.29. The van der Waals surface area contributed by atoms with Gasteiger partial charge in [-0.3, -0.25) is 0 Å². The van der Waals surface area contributed by atoms with E-state index in [-0.39, 0.29) is 6.10 Å². The van der Waals surface area contributed by atoms with Gasteiger partial charge in [0, 0.05) is 34.9 Å². The van der Waals surface area contributed by atoms with E-state index in [0.717, 1.165) is 34.6 Å². The second kappa shape index (κ2) is 6.06. The molecule has 2 aromatic carbocycles. The van der Waals surface area contributed by atoms with Crippen molar-refractivity contribution in [3.8, 4) is 11.5 Å². The minimum atomic E-state index is 0.230. The molecule has 0 saturated carbocycles. The molecule has 4 nitrogen and oxygen atoms in total.